The Morgan fingerprint density at radius 1 is 0.875 bits per heavy atom. The van der Waals surface area contributed by atoms with Gasteiger partial charge in [0.25, 0.3) is 16.8 Å². The third-order valence-electron chi connectivity index (χ3n) is 8.06. The second kappa shape index (κ2) is 11.6. The van der Waals surface area contributed by atoms with Crippen LogP contribution in [0.5, 0.6) is 0 Å². The fourth-order valence-electron chi connectivity index (χ4n) is 5.74. The molecule has 11 N–H and O–H groups in total. The number of ether oxygens (including phenoxy) is 2. The van der Waals surface area contributed by atoms with Crippen LogP contribution in [0.2, 0.25) is 0 Å². The van der Waals surface area contributed by atoms with E-state index < -0.39 is 91.6 Å². The number of alkyl halides is 6. The molecule has 0 aliphatic carbocycles. The molecule has 6 heterocycles. The van der Waals surface area contributed by atoms with Crippen molar-refractivity contribution in [1.29, 1.82) is 0 Å². The number of H-pyrrole nitrogens is 2. The molecule has 0 saturated carbocycles. The van der Waals surface area contributed by atoms with Gasteiger partial charge in [0.1, 0.15) is 24.5 Å². The van der Waals surface area contributed by atoms with E-state index in [0.717, 1.165) is 21.8 Å². The highest BCUT2D eigenvalue weighted by Gasteiger charge is 2.72. The molecule has 262 valence electrons. The summed E-state index contributed by atoms with van der Waals surface area (Å²) >= 11 is 0. The van der Waals surface area contributed by atoms with Gasteiger partial charge in [-0.15, -0.1) is 0 Å². The Morgan fingerprint density at radius 3 is 1.96 bits per heavy atom. The molecule has 0 radical (unpaired) electrons. The fraction of sp³-hybridized carbons (Fsp3) is 0.565. The number of halogens is 6. The zero-order valence-electron chi connectivity index (χ0n) is 23.9. The van der Waals surface area contributed by atoms with Crippen LogP contribution >= 0.6 is 0 Å². The highest BCUT2D eigenvalue weighted by molar-refractivity contribution is 5.71. The van der Waals surface area contributed by atoms with Crippen LogP contribution in [0.15, 0.2) is 22.2 Å². The number of rotatable bonds is 8. The molecule has 2 aliphatic heterocycles. The number of nitrogens with zero attached hydrogens (tertiary/aromatic N) is 6. The standard InChI is InChI=1S/C23H26F6N12O7/c24-22(25,26)21(23(27,28)29,39-6-1-9(47-8(6)3-42)40-4-32-10-14(40)35-19(30)37-16(10)45)34-2-7-12(43)13(44)18(48-7)41-5-33-11-15(41)36-20(31)38-17(11)46/h4-9,12-13,18,34,39,42-44H,1-3H2,(H3,30,35,37,45)(H3,31,36,38,46)/t6?,7-,8-,9-,12-,13-,18-/m1/s1. The zero-order chi connectivity index (χ0) is 34.9. The van der Waals surface area contributed by atoms with Crippen LogP contribution in [-0.4, -0.2) is 116 Å². The SMILES string of the molecule is Nc1nc2c(ncn2[C@@H]2O[C@H](CNC(NC3C[C@H](n4cnc5c(=O)[nH]c(N)nc54)O[C@@H]3CO)(C(F)(F)F)C(F)(F)F)[C@@H](O)[C@H]2O)c(=O)[nH]1. The van der Waals surface area contributed by atoms with Crippen LogP contribution in [0.1, 0.15) is 18.9 Å². The lowest BCUT2D eigenvalue weighted by Gasteiger charge is -2.41. The molecule has 6 rings (SSSR count). The number of aliphatic hydroxyl groups excluding tert-OH is 3. The molecule has 0 amide bonds. The first-order valence-electron chi connectivity index (χ1n) is 13.8. The number of fused-ring (bicyclic) bond motifs is 2. The molecule has 0 aromatic carbocycles. The molecular formula is C23H26F6N12O7. The molecule has 4 aromatic rings. The normalized spacial score (nSPS) is 27.1. The van der Waals surface area contributed by atoms with Gasteiger partial charge >= 0.3 is 12.4 Å². The Morgan fingerprint density at radius 2 is 1.42 bits per heavy atom. The van der Waals surface area contributed by atoms with Crippen LogP contribution in [0.25, 0.3) is 22.3 Å². The molecule has 1 unspecified atom stereocenters. The molecule has 19 nitrogen and oxygen atoms in total. The average Bonchev–Trinajstić information content (AvgIpc) is 3.75. The Hall–Kier alpha value is -4.40. The van der Waals surface area contributed by atoms with Crippen molar-refractivity contribution in [1.82, 2.24) is 49.7 Å². The maximum atomic E-state index is 14.6. The quantitative estimate of drug-likeness (QED) is 0.0691. The van der Waals surface area contributed by atoms with Gasteiger partial charge in [-0.05, 0) is 0 Å². The van der Waals surface area contributed by atoms with Gasteiger partial charge in [0, 0.05) is 19.0 Å². The smallest absolute Gasteiger partial charge is 0.394 e. The lowest BCUT2D eigenvalue weighted by atomic mass is 10.0. The van der Waals surface area contributed by atoms with Gasteiger partial charge in [-0.2, -0.15) is 36.3 Å². The Kier molecular flexibility index (Phi) is 8.12. The van der Waals surface area contributed by atoms with Crippen LogP contribution in [-0.2, 0) is 9.47 Å². The minimum absolute atomic E-state index is 0.178. The first-order chi connectivity index (χ1) is 22.5. The summed E-state index contributed by atoms with van der Waals surface area (Å²) in [5.74, 6) is -0.724. The van der Waals surface area contributed by atoms with Crippen molar-refractivity contribution in [2.45, 2.75) is 67.3 Å². The summed E-state index contributed by atoms with van der Waals surface area (Å²) in [4.78, 5) is 44.0. The van der Waals surface area contributed by atoms with Gasteiger partial charge < -0.3 is 36.3 Å². The lowest BCUT2D eigenvalue weighted by molar-refractivity contribution is -0.321. The van der Waals surface area contributed by atoms with E-state index in [4.69, 9.17) is 20.9 Å². The molecular weight excluding hydrogens is 670 g/mol. The van der Waals surface area contributed by atoms with Crippen molar-refractivity contribution in [3.8, 4) is 0 Å². The summed E-state index contributed by atoms with van der Waals surface area (Å²) in [5.41, 5.74) is 3.71. The number of nitrogens with one attached hydrogen (secondary N) is 4. The number of nitrogens with two attached hydrogens (primary N) is 2. The number of nitrogen functional groups attached to an aromatic ring is 2. The van der Waals surface area contributed by atoms with Gasteiger partial charge in [0.2, 0.25) is 11.9 Å². The largest absolute Gasteiger partial charge is 0.429 e. The van der Waals surface area contributed by atoms with Crippen molar-refractivity contribution < 1.29 is 51.1 Å². The first kappa shape index (κ1) is 33.5. The van der Waals surface area contributed by atoms with Gasteiger partial charge in [-0.3, -0.25) is 39.3 Å². The molecule has 25 heteroatoms. The summed E-state index contributed by atoms with van der Waals surface area (Å²) in [6, 6.07) is -1.84. The maximum absolute atomic E-state index is 14.6. The monoisotopic (exact) mass is 696 g/mol. The summed E-state index contributed by atoms with van der Waals surface area (Å²) in [5, 5.41) is 34.0. The molecule has 4 aromatic heterocycles. The van der Waals surface area contributed by atoms with Crippen molar-refractivity contribution in [3.63, 3.8) is 0 Å². The highest BCUT2D eigenvalue weighted by atomic mass is 19.4. The van der Waals surface area contributed by atoms with Gasteiger partial charge in [0.15, 0.2) is 28.6 Å². The van der Waals surface area contributed by atoms with E-state index in [2.05, 4.69) is 29.9 Å². The van der Waals surface area contributed by atoms with Crippen molar-refractivity contribution in [2.24, 2.45) is 0 Å². The third-order valence-corrected chi connectivity index (χ3v) is 8.06. The number of aliphatic hydroxyl groups is 3. The van der Waals surface area contributed by atoms with Crippen molar-refractivity contribution >= 4 is 34.2 Å². The molecule has 7 atom stereocenters. The van der Waals surface area contributed by atoms with Crippen molar-refractivity contribution in [3.05, 3.63) is 33.4 Å². The minimum atomic E-state index is -6.11. The minimum Gasteiger partial charge on any atom is -0.394 e. The van der Waals surface area contributed by atoms with Crippen LogP contribution in [0.4, 0.5) is 38.2 Å². The summed E-state index contributed by atoms with van der Waals surface area (Å²) in [6.45, 7) is -2.37. The first-order valence-corrected chi connectivity index (χ1v) is 13.8. The zero-order valence-corrected chi connectivity index (χ0v) is 23.9. The number of aromatic nitrogens is 8. The van der Waals surface area contributed by atoms with E-state index in [1.54, 1.807) is 0 Å². The number of aromatic amines is 2. The van der Waals surface area contributed by atoms with Crippen LogP contribution in [0, 0.1) is 0 Å². The van der Waals surface area contributed by atoms with Gasteiger partial charge in [-0.25, -0.2) is 9.97 Å². The third kappa shape index (κ3) is 5.41. The Bertz CT molecular complexity index is 1930. The molecule has 2 saturated heterocycles. The molecule has 2 aliphatic rings. The maximum Gasteiger partial charge on any atom is 0.429 e. The second-order valence-corrected chi connectivity index (χ2v) is 11.0. The highest BCUT2D eigenvalue weighted by Crippen LogP contribution is 2.44. The lowest BCUT2D eigenvalue weighted by Crippen LogP contribution is -2.77. The Labute approximate surface area is 260 Å². The van der Waals surface area contributed by atoms with Crippen molar-refractivity contribution in [2.75, 3.05) is 24.6 Å². The number of imidazole rings is 2. The Balaban J connectivity index is 1.27. The summed E-state index contributed by atoms with van der Waals surface area (Å²) < 4.78 is 100. The number of hydrogen-bond donors (Lipinski definition) is 9. The molecule has 2 fully saturated rings. The molecule has 48 heavy (non-hydrogen) atoms. The fourth-order valence-corrected chi connectivity index (χ4v) is 5.74. The van der Waals surface area contributed by atoms with Gasteiger partial charge in [0.05, 0.1) is 25.4 Å². The molecule has 0 bridgehead atoms. The molecule has 0 spiro atoms. The topological polar surface area (TPSA) is 282 Å². The van der Waals surface area contributed by atoms with Gasteiger partial charge in [-0.1, -0.05) is 0 Å². The number of anilines is 2. The predicted molar refractivity (Wildman–Crippen MR) is 146 cm³/mol. The average molecular weight is 697 g/mol. The van der Waals surface area contributed by atoms with E-state index in [1.807, 2.05) is 0 Å². The van der Waals surface area contributed by atoms with E-state index >= 15 is 0 Å². The van der Waals surface area contributed by atoms with E-state index in [-0.39, 0.29) is 34.2 Å². The second-order valence-electron chi connectivity index (χ2n) is 11.0. The predicted octanol–water partition coefficient (Wildman–Crippen LogP) is -2.32. The summed E-state index contributed by atoms with van der Waals surface area (Å²) in [6.07, 6.45) is -21.4. The van der Waals surface area contributed by atoms with E-state index in [9.17, 15) is 51.3 Å². The van der Waals surface area contributed by atoms with E-state index in [1.165, 1.54) is 10.6 Å². The van der Waals surface area contributed by atoms with E-state index in [0.29, 0.717) is 0 Å². The number of hydrogen-bond acceptors (Lipinski definition) is 15. The van der Waals surface area contributed by atoms with Crippen LogP contribution in [0.3, 0.4) is 0 Å². The summed E-state index contributed by atoms with van der Waals surface area (Å²) in [7, 11) is 0. The van der Waals surface area contributed by atoms with Crippen LogP contribution < -0.4 is 33.2 Å².